The van der Waals surface area contributed by atoms with Crippen LogP contribution in [0.3, 0.4) is 0 Å². The van der Waals surface area contributed by atoms with Crippen molar-refractivity contribution in [2.75, 3.05) is 7.05 Å². The summed E-state index contributed by atoms with van der Waals surface area (Å²) in [6, 6.07) is 3.10. The number of ketones is 1. The van der Waals surface area contributed by atoms with E-state index in [-0.39, 0.29) is 12.1 Å². The number of carbonyl (C=O) groups is 1. The number of aromatic nitrogens is 2. The second-order valence-electron chi connectivity index (χ2n) is 3.83. The van der Waals surface area contributed by atoms with Crippen LogP contribution in [-0.2, 0) is 6.54 Å². The highest BCUT2D eigenvalue weighted by Crippen LogP contribution is 2.26. The van der Waals surface area contributed by atoms with Crippen LogP contribution < -0.4 is 5.32 Å². The van der Waals surface area contributed by atoms with Crippen LogP contribution in [-0.4, -0.2) is 28.4 Å². The van der Waals surface area contributed by atoms with Crippen molar-refractivity contribution in [1.29, 1.82) is 0 Å². The number of pyridine rings is 1. The summed E-state index contributed by atoms with van der Waals surface area (Å²) in [5.41, 5.74) is -0.457. The second kappa shape index (κ2) is 4.93. The van der Waals surface area contributed by atoms with Crippen LogP contribution in [0, 0.1) is 0 Å². The summed E-state index contributed by atoms with van der Waals surface area (Å²) in [6.45, 7) is 0.258. The SMILES string of the molecule is CNCc1nc(C(=O)C(F)(F)F)c2cc(Br)ccn12. The highest BCUT2D eigenvalue weighted by Gasteiger charge is 2.42. The third-order valence-electron chi connectivity index (χ3n) is 2.49. The molecule has 0 saturated heterocycles. The van der Waals surface area contributed by atoms with Crippen LogP contribution in [0.25, 0.3) is 5.52 Å². The minimum atomic E-state index is -4.94. The zero-order chi connectivity index (χ0) is 14.2. The molecule has 0 bridgehead atoms. The molecule has 2 heterocycles. The van der Waals surface area contributed by atoms with E-state index in [1.54, 1.807) is 19.3 Å². The first kappa shape index (κ1) is 14.0. The molecule has 0 fully saturated rings. The molecular weight excluding hydrogens is 327 g/mol. The first-order valence-electron chi connectivity index (χ1n) is 5.27. The average molecular weight is 336 g/mol. The second-order valence-corrected chi connectivity index (χ2v) is 4.75. The van der Waals surface area contributed by atoms with Gasteiger partial charge in [0.1, 0.15) is 11.5 Å². The number of nitrogens with zero attached hydrogens (tertiary/aromatic N) is 2. The van der Waals surface area contributed by atoms with Crippen molar-refractivity contribution in [3.8, 4) is 0 Å². The molecule has 0 aliphatic rings. The van der Waals surface area contributed by atoms with E-state index in [4.69, 9.17) is 0 Å². The number of carbonyl (C=O) groups excluding carboxylic acids is 1. The normalized spacial score (nSPS) is 12.1. The highest BCUT2D eigenvalue weighted by atomic mass is 79.9. The van der Waals surface area contributed by atoms with Gasteiger partial charge in [0, 0.05) is 10.7 Å². The number of fused-ring (bicyclic) bond motifs is 1. The largest absolute Gasteiger partial charge is 0.456 e. The highest BCUT2D eigenvalue weighted by molar-refractivity contribution is 9.10. The Morgan fingerprint density at radius 1 is 1.53 bits per heavy atom. The minimum absolute atomic E-state index is 0.127. The lowest BCUT2D eigenvalue weighted by atomic mass is 10.2. The van der Waals surface area contributed by atoms with Gasteiger partial charge in [-0.15, -0.1) is 0 Å². The summed E-state index contributed by atoms with van der Waals surface area (Å²) in [4.78, 5) is 15.2. The summed E-state index contributed by atoms with van der Waals surface area (Å²) >= 11 is 3.17. The van der Waals surface area contributed by atoms with Gasteiger partial charge in [0.2, 0.25) is 0 Å². The Hall–Kier alpha value is -1.41. The van der Waals surface area contributed by atoms with Crippen LogP contribution in [0.1, 0.15) is 16.3 Å². The molecular formula is C11H9BrF3N3O. The molecule has 8 heteroatoms. The number of nitrogens with one attached hydrogen (secondary N) is 1. The quantitative estimate of drug-likeness (QED) is 0.877. The third kappa shape index (κ3) is 2.64. The fourth-order valence-corrected chi connectivity index (χ4v) is 2.04. The number of hydrogen-bond acceptors (Lipinski definition) is 3. The van der Waals surface area contributed by atoms with E-state index in [1.807, 2.05) is 0 Å². The summed E-state index contributed by atoms with van der Waals surface area (Å²) in [7, 11) is 1.64. The first-order valence-corrected chi connectivity index (χ1v) is 6.06. The fourth-order valence-electron chi connectivity index (χ4n) is 1.71. The number of imidazole rings is 1. The van der Waals surface area contributed by atoms with E-state index < -0.39 is 17.7 Å². The fraction of sp³-hybridized carbons (Fsp3) is 0.273. The Labute approximate surface area is 114 Å². The molecule has 0 unspecified atom stereocenters. The van der Waals surface area contributed by atoms with Gasteiger partial charge in [-0.2, -0.15) is 13.2 Å². The molecule has 0 aromatic carbocycles. The lowest BCUT2D eigenvalue weighted by molar-refractivity contribution is -0.0887. The van der Waals surface area contributed by atoms with Gasteiger partial charge in [-0.3, -0.25) is 4.79 Å². The molecule has 102 valence electrons. The maximum atomic E-state index is 12.5. The number of hydrogen-bond donors (Lipinski definition) is 1. The zero-order valence-corrected chi connectivity index (χ0v) is 11.3. The summed E-state index contributed by atoms with van der Waals surface area (Å²) < 4.78 is 39.6. The predicted octanol–water partition coefficient (Wildman–Crippen LogP) is 2.56. The Morgan fingerprint density at radius 3 is 2.79 bits per heavy atom. The van der Waals surface area contributed by atoms with Crippen molar-refractivity contribution in [3.05, 3.63) is 34.3 Å². The number of halogens is 4. The van der Waals surface area contributed by atoms with E-state index in [0.29, 0.717) is 10.3 Å². The number of Topliss-reactive ketones (excluding diaryl/α,β-unsaturated/α-hetero) is 1. The van der Waals surface area contributed by atoms with Gasteiger partial charge in [-0.25, -0.2) is 4.98 Å². The molecule has 0 atom stereocenters. The van der Waals surface area contributed by atoms with E-state index in [2.05, 4.69) is 26.2 Å². The molecule has 0 spiro atoms. The monoisotopic (exact) mass is 335 g/mol. The maximum absolute atomic E-state index is 12.5. The molecule has 2 rings (SSSR count). The molecule has 19 heavy (non-hydrogen) atoms. The lowest BCUT2D eigenvalue weighted by Gasteiger charge is -2.03. The van der Waals surface area contributed by atoms with Gasteiger partial charge < -0.3 is 9.72 Å². The Balaban J connectivity index is 2.67. The minimum Gasteiger partial charge on any atom is -0.313 e. The molecule has 1 N–H and O–H groups in total. The van der Waals surface area contributed by atoms with Crippen molar-refractivity contribution < 1.29 is 18.0 Å². The summed E-state index contributed by atoms with van der Waals surface area (Å²) in [5.74, 6) is -1.59. The van der Waals surface area contributed by atoms with Crippen molar-refractivity contribution in [2.45, 2.75) is 12.7 Å². The van der Waals surface area contributed by atoms with Crippen LogP contribution in [0.2, 0.25) is 0 Å². The van der Waals surface area contributed by atoms with Gasteiger partial charge in [-0.05, 0) is 19.2 Å². The van der Waals surface area contributed by atoms with E-state index >= 15 is 0 Å². The standard InChI is InChI=1S/C11H9BrF3N3O/c1-16-5-8-17-9(10(19)11(13,14)15)7-4-6(12)2-3-18(7)8/h2-4,16H,5H2,1H3. The molecule has 0 amide bonds. The number of alkyl halides is 3. The Kier molecular flexibility index (Phi) is 3.64. The maximum Gasteiger partial charge on any atom is 0.456 e. The molecule has 0 aliphatic carbocycles. The van der Waals surface area contributed by atoms with Gasteiger partial charge in [-0.1, -0.05) is 15.9 Å². The van der Waals surface area contributed by atoms with Crippen molar-refractivity contribution in [2.24, 2.45) is 0 Å². The van der Waals surface area contributed by atoms with Crippen molar-refractivity contribution >= 4 is 27.2 Å². The average Bonchev–Trinajstić information content (AvgIpc) is 2.65. The van der Waals surface area contributed by atoms with Gasteiger partial charge in [0.05, 0.1) is 12.1 Å². The van der Waals surface area contributed by atoms with Crippen LogP contribution in [0.5, 0.6) is 0 Å². The van der Waals surface area contributed by atoms with Gasteiger partial charge in [0.15, 0.2) is 0 Å². The smallest absolute Gasteiger partial charge is 0.313 e. The number of rotatable bonds is 3. The molecule has 4 nitrogen and oxygen atoms in total. The molecule has 2 aromatic heterocycles. The van der Waals surface area contributed by atoms with Gasteiger partial charge >= 0.3 is 6.18 Å². The molecule has 0 aliphatic heterocycles. The molecule has 0 saturated carbocycles. The first-order chi connectivity index (χ1) is 8.84. The predicted molar refractivity (Wildman–Crippen MR) is 66.0 cm³/mol. The summed E-state index contributed by atoms with van der Waals surface area (Å²) in [6.07, 6.45) is -3.37. The Bertz CT molecular complexity index is 636. The van der Waals surface area contributed by atoms with E-state index in [1.165, 1.54) is 10.5 Å². The topological polar surface area (TPSA) is 46.4 Å². The zero-order valence-electron chi connectivity index (χ0n) is 9.75. The van der Waals surface area contributed by atoms with Crippen LogP contribution in [0.15, 0.2) is 22.8 Å². The summed E-state index contributed by atoms with van der Waals surface area (Å²) in [5, 5.41) is 2.79. The molecule has 2 aromatic rings. The third-order valence-corrected chi connectivity index (χ3v) is 2.98. The van der Waals surface area contributed by atoms with Crippen LogP contribution in [0.4, 0.5) is 13.2 Å². The van der Waals surface area contributed by atoms with Crippen LogP contribution >= 0.6 is 15.9 Å². The van der Waals surface area contributed by atoms with Crippen molar-refractivity contribution in [1.82, 2.24) is 14.7 Å². The lowest BCUT2D eigenvalue weighted by Crippen LogP contribution is -2.23. The van der Waals surface area contributed by atoms with E-state index in [0.717, 1.165) is 0 Å². The molecule has 0 radical (unpaired) electrons. The van der Waals surface area contributed by atoms with Crippen molar-refractivity contribution in [3.63, 3.8) is 0 Å². The van der Waals surface area contributed by atoms with Gasteiger partial charge in [0.25, 0.3) is 5.78 Å². The van der Waals surface area contributed by atoms with E-state index in [9.17, 15) is 18.0 Å². The Morgan fingerprint density at radius 2 is 2.21 bits per heavy atom.